The lowest BCUT2D eigenvalue weighted by atomic mass is 9.97. The number of hydrogen-bond acceptors (Lipinski definition) is 2. The number of hydrogen-bond donors (Lipinski definition) is 1. The molecule has 0 spiro atoms. The van der Waals surface area contributed by atoms with Gasteiger partial charge in [-0.15, -0.1) is 24.0 Å². The molecule has 0 radical (unpaired) electrons. The molecule has 0 amide bonds. The van der Waals surface area contributed by atoms with Gasteiger partial charge in [-0.3, -0.25) is 0 Å². The van der Waals surface area contributed by atoms with Crippen molar-refractivity contribution in [3.63, 3.8) is 0 Å². The summed E-state index contributed by atoms with van der Waals surface area (Å²) in [5.41, 5.74) is 8.12. The zero-order chi connectivity index (χ0) is 10.3. The Labute approximate surface area is 112 Å². The van der Waals surface area contributed by atoms with Crippen LogP contribution in [0.25, 0.3) is 10.8 Å². The van der Waals surface area contributed by atoms with Crippen LogP contribution in [0.15, 0.2) is 41.4 Å². The number of halogens is 1. The maximum atomic E-state index is 5.74. The first-order chi connectivity index (χ1) is 7.34. The van der Waals surface area contributed by atoms with E-state index in [0.717, 1.165) is 24.4 Å². The predicted octanol–water partition coefficient (Wildman–Crippen LogP) is 3.39. The fraction of sp³-hybridized carbons (Fsp3) is 0.154. The maximum absolute atomic E-state index is 5.74. The molecule has 0 saturated heterocycles. The molecule has 1 aliphatic heterocycles. The summed E-state index contributed by atoms with van der Waals surface area (Å²) in [6.07, 6.45) is 1.88. The summed E-state index contributed by atoms with van der Waals surface area (Å²) < 4.78 is 0. The number of fused-ring (bicyclic) bond motifs is 3. The Morgan fingerprint density at radius 1 is 1.00 bits per heavy atom. The number of aryl methyl sites for hydroxylation is 1. The zero-order valence-corrected chi connectivity index (χ0v) is 11.1. The Hall–Kier alpha value is -1.10. The number of amidine groups is 1. The molecular weight excluding hydrogens is 311 g/mol. The largest absolute Gasteiger partial charge is 0.387 e. The highest BCUT2D eigenvalue weighted by atomic mass is 127. The first-order valence-corrected chi connectivity index (χ1v) is 5.18. The topological polar surface area (TPSA) is 38.4 Å². The first-order valence-electron chi connectivity index (χ1n) is 5.18. The van der Waals surface area contributed by atoms with Gasteiger partial charge in [0.15, 0.2) is 0 Å². The summed E-state index contributed by atoms with van der Waals surface area (Å²) in [6, 6.07) is 12.6. The zero-order valence-electron chi connectivity index (χ0n) is 8.81. The van der Waals surface area contributed by atoms with Gasteiger partial charge >= 0.3 is 0 Å². The summed E-state index contributed by atoms with van der Waals surface area (Å²) >= 11 is 0. The van der Waals surface area contributed by atoms with Crippen LogP contribution < -0.4 is 5.73 Å². The Kier molecular flexibility index (Phi) is 3.14. The molecule has 0 aliphatic carbocycles. The lowest BCUT2D eigenvalue weighted by Gasteiger charge is -2.15. The minimum Gasteiger partial charge on any atom is -0.387 e. The van der Waals surface area contributed by atoms with E-state index in [1.165, 1.54) is 16.3 Å². The normalized spacial score (nSPS) is 13.9. The highest BCUT2D eigenvalue weighted by Crippen LogP contribution is 2.31. The van der Waals surface area contributed by atoms with Crippen molar-refractivity contribution in [2.24, 2.45) is 10.7 Å². The summed E-state index contributed by atoms with van der Waals surface area (Å²) in [5, 5.41) is 2.60. The lowest BCUT2D eigenvalue weighted by molar-refractivity contribution is 1.01. The molecule has 0 atom stereocenters. The third-order valence-corrected chi connectivity index (χ3v) is 2.91. The van der Waals surface area contributed by atoms with E-state index in [9.17, 15) is 0 Å². The molecular formula is C13H13IN2. The van der Waals surface area contributed by atoms with Crippen LogP contribution in [0.2, 0.25) is 0 Å². The molecule has 2 N–H and O–H groups in total. The van der Waals surface area contributed by atoms with Crippen molar-refractivity contribution in [1.29, 1.82) is 0 Å². The Morgan fingerprint density at radius 2 is 1.81 bits per heavy atom. The summed E-state index contributed by atoms with van der Waals surface area (Å²) in [4.78, 5) is 4.39. The molecule has 3 heteroatoms. The van der Waals surface area contributed by atoms with E-state index in [1.807, 2.05) is 0 Å². The monoisotopic (exact) mass is 324 g/mol. The van der Waals surface area contributed by atoms with Crippen molar-refractivity contribution in [2.45, 2.75) is 12.8 Å². The molecule has 0 fully saturated rings. The smallest absolute Gasteiger partial charge is 0.0999 e. The Balaban J connectivity index is 0.000000963. The van der Waals surface area contributed by atoms with Gasteiger partial charge in [0.25, 0.3) is 0 Å². The van der Waals surface area contributed by atoms with Crippen LogP contribution in [0.3, 0.4) is 0 Å². The number of benzene rings is 2. The van der Waals surface area contributed by atoms with E-state index in [2.05, 4.69) is 41.4 Å². The highest BCUT2D eigenvalue weighted by Gasteiger charge is 2.12. The van der Waals surface area contributed by atoms with Gasteiger partial charge in [0.05, 0.1) is 11.5 Å². The van der Waals surface area contributed by atoms with Crippen LogP contribution in [0, 0.1) is 0 Å². The van der Waals surface area contributed by atoms with Crippen molar-refractivity contribution >= 4 is 46.3 Å². The van der Waals surface area contributed by atoms with Gasteiger partial charge in [-0.2, -0.15) is 0 Å². The molecule has 2 aromatic rings. The molecule has 1 heterocycles. The van der Waals surface area contributed by atoms with Gasteiger partial charge in [-0.05, 0) is 28.8 Å². The fourth-order valence-corrected chi connectivity index (χ4v) is 2.16. The van der Waals surface area contributed by atoms with Gasteiger partial charge in [0.1, 0.15) is 0 Å². The van der Waals surface area contributed by atoms with Crippen molar-refractivity contribution in [1.82, 2.24) is 0 Å². The standard InChI is InChI=1S/C13H12N2.HI/c14-13-8-6-11-10-4-2-1-3-9(10)5-7-12(11)15-13;/h1-5,7H,6,8H2,(H2,14,15);1H. The van der Waals surface area contributed by atoms with Crippen LogP contribution in [0.5, 0.6) is 0 Å². The van der Waals surface area contributed by atoms with E-state index in [0.29, 0.717) is 0 Å². The third kappa shape index (κ3) is 1.80. The Bertz CT molecular complexity index is 561. The van der Waals surface area contributed by atoms with Crippen molar-refractivity contribution in [2.75, 3.05) is 0 Å². The molecule has 2 aromatic carbocycles. The van der Waals surface area contributed by atoms with E-state index in [-0.39, 0.29) is 24.0 Å². The van der Waals surface area contributed by atoms with Crippen LogP contribution in [0.4, 0.5) is 5.69 Å². The van der Waals surface area contributed by atoms with E-state index in [1.54, 1.807) is 0 Å². The first kappa shape index (κ1) is 11.4. The second-order valence-corrected chi connectivity index (χ2v) is 3.89. The van der Waals surface area contributed by atoms with Gasteiger partial charge in [0.2, 0.25) is 0 Å². The van der Waals surface area contributed by atoms with Crippen molar-refractivity contribution < 1.29 is 0 Å². The van der Waals surface area contributed by atoms with Gasteiger partial charge < -0.3 is 5.73 Å². The molecule has 0 unspecified atom stereocenters. The van der Waals surface area contributed by atoms with Crippen LogP contribution in [-0.4, -0.2) is 5.84 Å². The summed E-state index contributed by atoms with van der Waals surface area (Å²) in [6.45, 7) is 0. The summed E-state index contributed by atoms with van der Waals surface area (Å²) in [5.74, 6) is 0.748. The maximum Gasteiger partial charge on any atom is 0.0999 e. The van der Waals surface area contributed by atoms with Gasteiger partial charge in [0, 0.05) is 6.42 Å². The fourth-order valence-electron chi connectivity index (χ4n) is 2.16. The average molecular weight is 324 g/mol. The molecule has 1 aliphatic rings. The molecule has 0 bridgehead atoms. The molecule has 82 valence electrons. The molecule has 2 nitrogen and oxygen atoms in total. The second-order valence-electron chi connectivity index (χ2n) is 3.89. The number of nitrogens with zero attached hydrogens (tertiary/aromatic N) is 1. The molecule has 16 heavy (non-hydrogen) atoms. The lowest BCUT2D eigenvalue weighted by Crippen LogP contribution is -2.15. The highest BCUT2D eigenvalue weighted by molar-refractivity contribution is 14.0. The van der Waals surface area contributed by atoms with E-state index >= 15 is 0 Å². The predicted molar refractivity (Wildman–Crippen MR) is 79.0 cm³/mol. The van der Waals surface area contributed by atoms with Crippen LogP contribution in [-0.2, 0) is 6.42 Å². The number of aliphatic imine (C=N–C) groups is 1. The average Bonchev–Trinajstić information content (AvgIpc) is 2.28. The summed E-state index contributed by atoms with van der Waals surface area (Å²) in [7, 11) is 0. The SMILES string of the molecule is I.NC1=Nc2ccc3ccccc3c2CC1. The minimum atomic E-state index is 0. The van der Waals surface area contributed by atoms with Gasteiger partial charge in [-0.25, -0.2) is 4.99 Å². The van der Waals surface area contributed by atoms with E-state index in [4.69, 9.17) is 5.73 Å². The van der Waals surface area contributed by atoms with Crippen LogP contribution >= 0.6 is 24.0 Å². The number of rotatable bonds is 0. The van der Waals surface area contributed by atoms with E-state index < -0.39 is 0 Å². The quantitative estimate of drug-likeness (QED) is 0.741. The molecule has 0 aromatic heterocycles. The Morgan fingerprint density at radius 3 is 2.69 bits per heavy atom. The van der Waals surface area contributed by atoms with Crippen LogP contribution in [0.1, 0.15) is 12.0 Å². The van der Waals surface area contributed by atoms with Crippen molar-refractivity contribution in [3.8, 4) is 0 Å². The molecule has 3 rings (SSSR count). The molecule has 0 saturated carbocycles. The number of nitrogens with two attached hydrogens (primary N) is 1. The minimum absolute atomic E-state index is 0. The second kappa shape index (κ2) is 4.41. The van der Waals surface area contributed by atoms with Gasteiger partial charge in [-0.1, -0.05) is 30.3 Å². The third-order valence-electron chi connectivity index (χ3n) is 2.91. The van der Waals surface area contributed by atoms with Crippen molar-refractivity contribution in [3.05, 3.63) is 42.0 Å².